The number of aliphatic hydroxyl groups excluding tert-OH is 1. The molecule has 1 N–H and O–H groups in total. The van der Waals surface area contributed by atoms with Crippen LogP contribution in [0.2, 0.25) is 0 Å². The largest absolute Gasteiger partial charge is 0.392 e. The topological polar surface area (TPSA) is 40.5 Å². The molecule has 0 spiro atoms. The number of likely N-dealkylation sites (tertiary alicyclic amines) is 1. The first-order chi connectivity index (χ1) is 10.1. The van der Waals surface area contributed by atoms with Crippen LogP contribution in [0.25, 0.3) is 0 Å². The zero-order valence-electron chi connectivity index (χ0n) is 12.8. The van der Waals surface area contributed by atoms with Crippen molar-refractivity contribution in [3.05, 3.63) is 35.9 Å². The summed E-state index contributed by atoms with van der Waals surface area (Å²) in [5.41, 5.74) is 1.55. The van der Waals surface area contributed by atoms with Crippen molar-refractivity contribution in [3.8, 4) is 0 Å². The molecule has 1 aromatic carbocycles. The molecule has 1 heterocycles. The number of nitrogens with zero attached hydrogens (tertiary/aromatic N) is 1. The third-order valence-electron chi connectivity index (χ3n) is 5.45. The Labute approximate surface area is 127 Å². The third-order valence-corrected chi connectivity index (χ3v) is 5.45. The summed E-state index contributed by atoms with van der Waals surface area (Å²) < 4.78 is 0. The number of rotatable bonds is 2. The molecule has 2 unspecified atom stereocenters. The Morgan fingerprint density at radius 3 is 2.43 bits per heavy atom. The van der Waals surface area contributed by atoms with Crippen LogP contribution in [-0.2, 0) is 10.2 Å². The average Bonchev–Trinajstić information content (AvgIpc) is 2.94. The van der Waals surface area contributed by atoms with E-state index in [2.05, 4.69) is 31.2 Å². The van der Waals surface area contributed by atoms with E-state index in [9.17, 15) is 9.90 Å². The molecule has 1 aliphatic carbocycles. The van der Waals surface area contributed by atoms with Crippen LogP contribution in [0.4, 0.5) is 0 Å². The first-order valence-electron chi connectivity index (χ1n) is 8.12. The van der Waals surface area contributed by atoms with Crippen LogP contribution in [0.3, 0.4) is 0 Å². The molecule has 21 heavy (non-hydrogen) atoms. The number of amides is 1. The lowest BCUT2D eigenvalue weighted by Gasteiger charge is -2.41. The summed E-state index contributed by atoms with van der Waals surface area (Å²) in [7, 11) is 0. The Bertz CT molecular complexity index is 491. The van der Waals surface area contributed by atoms with Crippen molar-refractivity contribution in [1.82, 2.24) is 4.90 Å². The SMILES string of the molecule is CC1(c2ccccc2)CCN(C(=O)C2CCCC2O)CC1. The van der Waals surface area contributed by atoms with Gasteiger partial charge in [0, 0.05) is 13.1 Å². The fraction of sp³-hybridized carbons (Fsp3) is 0.611. The molecule has 0 aromatic heterocycles. The van der Waals surface area contributed by atoms with Crippen LogP contribution in [0.15, 0.2) is 30.3 Å². The van der Waals surface area contributed by atoms with Crippen molar-refractivity contribution >= 4 is 5.91 Å². The molecule has 2 aliphatic rings. The fourth-order valence-corrected chi connectivity index (χ4v) is 3.81. The zero-order chi connectivity index (χ0) is 14.9. The second-order valence-corrected chi connectivity index (χ2v) is 6.86. The lowest BCUT2D eigenvalue weighted by atomic mass is 9.74. The highest BCUT2D eigenvalue weighted by Crippen LogP contribution is 2.36. The van der Waals surface area contributed by atoms with Crippen molar-refractivity contribution in [1.29, 1.82) is 0 Å². The number of piperidine rings is 1. The van der Waals surface area contributed by atoms with Crippen LogP contribution in [-0.4, -0.2) is 35.1 Å². The highest BCUT2D eigenvalue weighted by Gasteiger charge is 2.38. The van der Waals surface area contributed by atoms with E-state index < -0.39 is 6.10 Å². The van der Waals surface area contributed by atoms with E-state index in [0.29, 0.717) is 0 Å². The first-order valence-corrected chi connectivity index (χ1v) is 8.12. The summed E-state index contributed by atoms with van der Waals surface area (Å²) in [6.07, 6.45) is 4.21. The third kappa shape index (κ3) is 2.84. The molecule has 1 saturated heterocycles. The lowest BCUT2D eigenvalue weighted by molar-refractivity contribution is -0.139. The molecule has 3 nitrogen and oxygen atoms in total. The number of aliphatic hydroxyl groups is 1. The molecule has 1 saturated carbocycles. The van der Waals surface area contributed by atoms with Gasteiger partial charge < -0.3 is 10.0 Å². The van der Waals surface area contributed by atoms with Crippen molar-refractivity contribution in [2.24, 2.45) is 5.92 Å². The van der Waals surface area contributed by atoms with E-state index in [4.69, 9.17) is 0 Å². The average molecular weight is 287 g/mol. The molecule has 1 amide bonds. The molecular formula is C18H25NO2. The summed E-state index contributed by atoms with van der Waals surface area (Å²) in [6, 6.07) is 10.6. The molecule has 2 atom stereocenters. The minimum atomic E-state index is -0.417. The van der Waals surface area contributed by atoms with E-state index >= 15 is 0 Å². The Hall–Kier alpha value is -1.35. The molecule has 2 fully saturated rings. The monoisotopic (exact) mass is 287 g/mol. The Balaban J connectivity index is 1.64. The van der Waals surface area contributed by atoms with Gasteiger partial charge in [0.05, 0.1) is 12.0 Å². The molecular weight excluding hydrogens is 262 g/mol. The molecule has 3 heteroatoms. The number of carbonyl (C=O) groups excluding carboxylic acids is 1. The van der Waals surface area contributed by atoms with Gasteiger partial charge in [-0.05, 0) is 43.1 Å². The van der Waals surface area contributed by atoms with Gasteiger partial charge in [0.1, 0.15) is 0 Å². The summed E-state index contributed by atoms with van der Waals surface area (Å²) in [5, 5.41) is 9.92. The van der Waals surface area contributed by atoms with E-state index in [-0.39, 0.29) is 17.2 Å². The number of hydrogen-bond donors (Lipinski definition) is 1. The van der Waals surface area contributed by atoms with Crippen molar-refractivity contribution in [2.45, 2.75) is 50.5 Å². The van der Waals surface area contributed by atoms with E-state index in [1.54, 1.807) is 0 Å². The van der Waals surface area contributed by atoms with Gasteiger partial charge in [-0.25, -0.2) is 0 Å². The second-order valence-electron chi connectivity index (χ2n) is 6.86. The zero-order valence-corrected chi connectivity index (χ0v) is 12.8. The highest BCUT2D eigenvalue weighted by atomic mass is 16.3. The minimum absolute atomic E-state index is 0.147. The fourth-order valence-electron chi connectivity index (χ4n) is 3.81. The normalized spacial score (nSPS) is 28.6. The quantitative estimate of drug-likeness (QED) is 0.908. The predicted octanol–water partition coefficient (Wildman–Crippen LogP) is 2.73. The second kappa shape index (κ2) is 5.80. The van der Waals surface area contributed by atoms with Gasteiger partial charge in [-0.2, -0.15) is 0 Å². The predicted molar refractivity (Wildman–Crippen MR) is 83.0 cm³/mol. The number of carbonyl (C=O) groups is 1. The van der Waals surface area contributed by atoms with Gasteiger partial charge in [0.25, 0.3) is 0 Å². The van der Waals surface area contributed by atoms with Crippen LogP contribution in [0.1, 0.15) is 44.6 Å². The van der Waals surface area contributed by atoms with Crippen molar-refractivity contribution < 1.29 is 9.90 Å². The maximum absolute atomic E-state index is 12.5. The van der Waals surface area contributed by atoms with Crippen LogP contribution < -0.4 is 0 Å². The Morgan fingerprint density at radius 1 is 1.19 bits per heavy atom. The van der Waals surface area contributed by atoms with Crippen molar-refractivity contribution in [3.63, 3.8) is 0 Å². The smallest absolute Gasteiger partial charge is 0.228 e. The Kier molecular flexibility index (Phi) is 4.03. The van der Waals surface area contributed by atoms with Crippen LogP contribution >= 0.6 is 0 Å². The lowest BCUT2D eigenvalue weighted by Crippen LogP contribution is -2.47. The van der Waals surface area contributed by atoms with E-state index in [0.717, 1.165) is 45.2 Å². The van der Waals surface area contributed by atoms with Gasteiger partial charge in [0.15, 0.2) is 0 Å². The molecule has 1 aromatic rings. The summed E-state index contributed by atoms with van der Waals surface area (Å²) in [6.45, 7) is 3.93. The molecule has 0 radical (unpaired) electrons. The van der Waals surface area contributed by atoms with Gasteiger partial charge in [-0.15, -0.1) is 0 Å². The van der Waals surface area contributed by atoms with Crippen LogP contribution in [0.5, 0.6) is 0 Å². The standard InChI is InChI=1S/C18H25NO2/c1-18(14-6-3-2-4-7-14)10-12-19(13-11-18)17(21)15-8-5-9-16(15)20/h2-4,6-7,15-16,20H,5,8-13H2,1H3. The molecule has 3 rings (SSSR count). The van der Waals surface area contributed by atoms with E-state index in [1.807, 2.05) is 11.0 Å². The van der Waals surface area contributed by atoms with Gasteiger partial charge in [-0.3, -0.25) is 4.79 Å². The Morgan fingerprint density at radius 2 is 1.86 bits per heavy atom. The molecule has 1 aliphatic heterocycles. The highest BCUT2D eigenvalue weighted by molar-refractivity contribution is 5.79. The van der Waals surface area contributed by atoms with Crippen molar-refractivity contribution in [2.75, 3.05) is 13.1 Å². The number of benzene rings is 1. The van der Waals surface area contributed by atoms with Crippen LogP contribution in [0, 0.1) is 5.92 Å². The first kappa shape index (κ1) is 14.6. The van der Waals surface area contributed by atoms with Gasteiger partial charge in [0.2, 0.25) is 5.91 Å². The summed E-state index contributed by atoms with van der Waals surface area (Å²) >= 11 is 0. The van der Waals surface area contributed by atoms with Gasteiger partial charge in [-0.1, -0.05) is 37.3 Å². The minimum Gasteiger partial charge on any atom is -0.392 e. The maximum Gasteiger partial charge on any atom is 0.228 e. The number of hydrogen-bond acceptors (Lipinski definition) is 2. The summed E-state index contributed by atoms with van der Waals surface area (Å²) in [5.74, 6) is 0.0289. The molecule has 114 valence electrons. The summed E-state index contributed by atoms with van der Waals surface area (Å²) in [4.78, 5) is 14.5. The molecule has 0 bridgehead atoms. The van der Waals surface area contributed by atoms with E-state index in [1.165, 1.54) is 5.56 Å². The van der Waals surface area contributed by atoms with Gasteiger partial charge >= 0.3 is 0 Å². The maximum atomic E-state index is 12.5.